The van der Waals surface area contributed by atoms with Crippen molar-refractivity contribution in [3.05, 3.63) is 12.4 Å². The molecule has 108 valence electrons. The van der Waals surface area contributed by atoms with E-state index < -0.39 is 15.6 Å². The summed E-state index contributed by atoms with van der Waals surface area (Å²) in [6.45, 7) is 3.38. The zero-order valence-electron chi connectivity index (χ0n) is 12.1. The highest BCUT2D eigenvalue weighted by Gasteiger charge is 2.33. The van der Waals surface area contributed by atoms with Crippen molar-refractivity contribution < 1.29 is 13.2 Å². The van der Waals surface area contributed by atoms with Crippen LogP contribution in [0.5, 0.6) is 0 Å². The van der Waals surface area contributed by atoms with E-state index in [2.05, 4.69) is 5.10 Å². The molecule has 0 atom stereocenters. The van der Waals surface area contributed by atoms with Crippen molar-refractivity contribution in [1.29, 1.82) is 0 Å². The number of carbonyl (C=O) groups excluding carboxylic acids is 1. The third-order valence-corrected chi connectivity index (χ3v) is 4.61. The van der Waals surface area contributed by atoms with Crippen LogP contribution in [-0.2, 0) is 20.4 Å². The molecule has 19 heavy (non-hydrogen) atoms. The van der Waals surface area contributed by atoms with Crippen molar-refractivity contribution in [3.63, 3.8) is 0 Å². The lowest BCUT2D eigenvalue weighted by atomic mass is 10.0. The third-order valence-electron chi connectivity index (χ3n) is 2.84. The van der Waals surface area contributed by atoms with Crippen molar-refractivity contribution in [1.82, 2.24) is 19.0 Å². The van der Waals surface area contributed by atoms with E-state index in [0.29, 0.717) is 0 Å². The summed E-state index contributed by atoms with van der Waals surface area (Å²) in [5, 5.41) is 4.00. The molecular weight excluding hydrogens is 268 g/mol. The van der Waals surface area contributed by atoms with Gasteiger partial charge in [0, 0.05) is 34.4 Å². The predicted molar refractivity (Wildman–Crippen MR) is 71.1 cm³/mol. The van der Waals surface area contributed by atoms with Crippen molar-refractivity contribution in [2.45, 2.75) is 24.3 Å². The van der Waals surface area contributed by atoms with Crippen LogP contribution in [0.15, 0.2) is 17.3 Å². The molecule has 0 N–H and O–H groups in total. The minimum absolute atomic E-state index is 0.0668. The SMILES string of the molecule is CN(C)C(=O)C(C)(C)n1cc(S(=O)(=O)N(C)C)cn1. The van der Waals surface area contributed by atoms with Crippen LogP contribution in [-0.4, -0.2) is 61.5 Å². The van der Waals surface area contributed by atoms with Gasteiger partial charge in [-0.3, -0.25) is 9.48 Å². The fourth-order valence-corrected chi connectivity index (χ4v) is 2.44. The van der Waals surface area contributed by atoms with E-state index in [0.717, 1.165) is 4.31 Å². The van der Waals surface area contributed by atoms with Crippen molar-refractivity contribution in [2.24, 2.45) is 0 Å². The molecule has 1 aromatic heterocycles. The number of sulfonamides is 1. The van der Waals surface area contributed by atoms with Gasteiger partial charge in [-0.2, -0.15) is 5.10 Å². The smallest absolute Gasteiger partial charge is 0.249 e. The number of carbonyl (C=O) groups is 1. The van der Waals surface area contributed by atoms with E-state index >= 15 is 0 Å². The molecule has 0 aromatic carbocycles. The minimum Gasteiger partial charge on any atom is -0.347 e. The van der Waals surface area contributed by atoms with Gasteiger partial charge in [-0.15, -0.1) is 0 Å². The molecule has 1 rings (SSSR count). The van der Waals surface area contributed by atoms with Gasteiger partial charge >= 0.3 is 0 Å². The van der Waals surface area contributed by atoms with Crippen molar-refractivity contribution >= 4 is 15.9 Å². The molecular formula is C11H20N4O3S. The summed E-state index contributed by atoms with van der Waals surface area (Å²) in [6, 6.07) is 0. The summed E-state index contributed by atoms with van der Waals surface area (Å²) in [5.41, 5.74) is -0.941. The number of hydrogen-bond acceptors (Lipinski definition) is 4. The molecule has 1 aromatic rings. The summed E-state index contributed by atoms with van der Waals surface area (Å²) < 4.78 is 26.4. The van der Waals surface area contributed by atoms with E-state index in [1.54, 1.807) is 27.9 Å². The van der Waals surface area contributed by atoms with Crippen LogP contribution in [0.4, 0.5) is 0 Å². The molecule has 0 aliphatic carbocycles. The molecule has 0 bridgehead atoms. The number of hydrogen-bond donors (Lipinski definition) is 0. The Balaban J connectivity index is 3.21. The van der Waals surface area contributed by atoms with Crippen LogP contribution in [0, 0.1) is 0 Å². The van der Waals surface area contributed by atoms with Crippen LogP contribution in [0.2, 0.25) is 0 Å². The van der Waals surface area contributed by atoms with Crippen LogP contribution < -0.4 is 0 Å². The Bertz CT molecular complexity index is 573. The zero-order valence-corrected chi connectivity index (χ0v) is 12.9. The Kier molecular flexibility index (Phi) is 4.06. The van der Waals surface area contributed by atoms with Gasteiger partial charge in [-0.05, 0) is 13.8 Å². The first-order valence-electron chi connectivity index (χ1n) is 5.70. The van der Waals surface area contributed by atoms with Crippen LogP contribution >= 0.6 is 0 Å². The van der Waals surface area contributed by atoms with Gasteiger partial charge in [0.2, 0.25) is 15.9 Å². The largest absolute Gasteiger partial charge is 0.347 e. The first kappa shape index (κ1) is 15.6. The number of nitrogens with zero attached hydrogens (tertiary/aromatic N) is 4. The second-order valence-corrected chi connectivity index (χ2v) is 7.32. The zero-order chi connectivity index (χ0) is 15.0. The summed E-state index contributed by atoms with van der Waals surface area (Å²) in [5.74, 6) is -0.163. The normalized spacial score (nSPS) is 12.8. The molecule has 0 fully saturated rings. The van der Waals surface area contributed by atoms with Gasteiger partial charge < -0.3 is 4.90 Å². The molecule has 7 nitrogen and oxygen atoms in total. The molecule has 0 unspecified atom stereocenters. The maximum absolute atomic E-state index is 12.1. The van der Waals surface area contributed by atoms with E-state index in [-0.39, 0.29) is 10.8 Å². The highest BCUT2D eigenvalue weighted by molar-refractivity contribution is 7.89. The average Bonchev–Trinajstić information content (AvgIpc) is 2.77. The highest BCUT2D eigenvalue weighted by atomic mass is 32.2. The molecule has 0 radical (unpaired) electrons. The Morgan fingerprint density at radius 2 is 1.79 bits per heavy atom. The van der Waals surface area contributed by atoms with E-state index in [9.17, 15) is 13.2 Å². The summed E-state index contributed by atoms with van der Waals surface area (Å²) in [6.07, 6.45) is 2.62. The third kappa shape index (κ3) is 2.79. The lowest BCUT2D eigenvalue weighted by Gasteiger charge is -2.27. The molecule has 0 saturated carbocycles. The standard InChI is InChI=1S/C11H20N4O3S/c1-11(2,10(16)13(3)4)15-8-9(7-12-15)19(17,18)14(5)6/h7-8H,1-6H3. The Hall–Kier alpha value is -1.41. The molecule has 0 spiro atoms. The Morgan fingerprint density at radius 1 is 1.26 bits per heavy atom. The van der Waals surface area contributed by atoms with Gasteiger partial charge in [0.05, 0.1) is 6.20 Å². The van der Waals surface area contributed by atoms with Gasteiger partial charge in [0.15, 0.2) is 0 Å². The molecule has 8 heteroatoms. The number of rotatable bonds is 4. The second kappa shape index (κ2) is 4.93. The maximum atomic E-state index is 12.1. The highest BCUT2D eigenvalue weighted by Crippen LogP contribution is 2.20. The average molecular weight is 288 g/mol. The Morgan fingerprint density at radius 3 is 2.21 bits per heavy atom. The molecule has 0 aliphatic heterocycles. The topological polar surface area (TPSA) is 75.5 Å². The second-order valence-electron chi connectivity index (χ2n) is 5.17. The fourth-order valence-electron chi connectivity index (χ4n) is 1.60. The number of aromatic nitrogens is 2. The molecule has 1 amide bonds. The minimum atomic E-state index is -3.54. The van der Waals surface area contributed by atoms with Gasteiger partial charge in [0.1, 0.15) is 10.4 Å². The molecule has 0 aliphatic rings. The lowest BCUT2D eigenvalue weighted by Crippen LogP contribution is -2.44. The monoisotopic (exact) mass is 288 g/mol. The first-order chi connectivity index (χ1) is 8.51. The van der Waals surface area contributed by atoms with Crippen molar-refractivity contribution in [3.8, 4) is 0 Å². The summed E-state index contributed by atoms with van der Waals surface area (Å²) in [4.78, 5) is 13.6. The quantitative estimate of drug-likeness (QED) is 0.779. The number of amides is 1. The van der Waals surface area contributed by atoms with E-state index in [1.165, 1.54) is 36.1 Å². The van der Waals surface area contributed by atoms with Crippen LogP contribution in [0.25, 0.3) is 0 Å². The lowest BCUT2D eigenvalue weighted by molar-refractivity contribution is -0.137. The molecule has 1 heterocycles. The van der Waals surface area contributed by atoms with Crippen LogP contribution in [0.1, 0.15) is 13.8 Å². The van der Waals surface area contributed by atoms with E-state index in [4.69, 9.17) is 0 Å². The first-order valence-corrected chi connectivity index (χ1v) is 7.14. The van der Waals surface area contributed by atoms with Gasteiger partial charge in [-0.25, -0.2) is 12.7 Å². The van der Waals surface area contributed by atoms with Crippen molar-refractivity contribution in [2.75, 3.05) is 28.2 Å². The summed E-state index contributed by atoms with van der Waals surface area (Å²) >= 11 is 0. The van der Waals surface area contributed by atoms with Gasteiger partial charge in [0.25, 0.3) is 0 Å². The molecule has 0 saturated heterocycles. The number of likely N-dealkylation sites (N-methyl/N-ethyl adjacent to an activating group) is 1. The van der Waals surface area contributed by atoms with Gasteiger partial charge in [-0.1, -0.05) is 0 Å². The summed E-state index contributed by atoms with van der Waals surface area (Å²) in [7, 11) is 2.65. The van der Waals surface area contributed by atoms with Crippen LogP contribution in [0.3, 0.4) is 0 Å². The maximum Gasteiger partial charge on any atom is 0.249 e. The van der Waals surface area contributed by atoms with E-state index in [1.807, 2.05) is 0 Å². The fraction of sp³-hybridized carbons (Fsp3) is 0.636. The Labute approximate surface area is 113 Å². The predicted octanol–water partition coefficient (Wildman–Crippen LogP) is -0.0433.